The first kappa shape index (κ1) is 20.2. The van der Waals surface area contributed by atoms with Gasteiger partial charge >= 0.3 is 6.09 Å². The number of furan rings is 1. The van der Waals surface area contributed by atoms with Gasteiger partial charge in [0, 0.05) is 11.0 Å². The zero-order chi connectivity index (χ0) is 21.1. The average Bonchev–Trinajstić information content (AvgIpc) is 3.34. The monoisotopic (exact) mass is 429 g/mol. The fraction of sp³-hybridized carbons (Fsp3) is 0.381. The number of carbonyl (C=O) groups excluding carboxylic acids is 2. The van der Waals surface area contributed by atoms with E-state index in [0.29, 0.717) is 29.2 Å². The molecule has 0 aromatic carbocycles. The van der Waals surface area contributed by atoms with E-state index in [2.05, 4.69) is 11.4 Å². The van der Waals surface area contributed by atoms with E-state index < -0.39 is 12.3 Å². The molecule has 1 aliphatic carbocycles. The Morgan fingerprint density at radius 2 is 2.30 bits per heavy atom. The molecule has 156 valence electrons. The lowest BCUT2D eigenvalue weighted by Gasteiger charge is -2.33. The minimum absolute atomic E-state index is 0.0987. The van der Waals surface area contributed by atoms with Gasteiger partial charge in [-0.15, -0.1) is 11.3 Å². The molecule has 2 aromatic rings. The molecule has 0 bridgehead atoms. The molecule has 1 N–H and O–H groups in total. The van der Waals surface area contributed by atoms with Crippen LogP contribution in [0, 0.1) is 17.2 Å². The number of anilines is 1. The number of nitriles is 1. The fourth-order valence-corrected chi connectivity index (χ4v) is 4.87. The molecule has 3 heterocycles. The summed E-state index contributed by atoms with van der Waals surface area (Å²) in [6.45, 7) is 0.460. The summed E-state index contributed by atoms with van der Waals surface area (Å²) in [5.41, 5.74) is 1.46. The predicted molar refractivity (Wildman–Crippen MR) is 109 cm³/mol. The van der Waals surface area contributed by atoms with Crippen LogP contribution in [0.2, 0.25) is 0 Å². The third kappa shape index (κ3) is 4.39. The molecule has 30 heavy (non-hydrogen) atoms. The summed E-state index contributed by atoms with van der Waals surface area (Å²) < 4.78 is 23.3. The lowest BCUT2D eigenvalue weighted by Crippen LogP contribution is -2.51. The number of alkyl halides is 1. The number of likely N-dealkylation sites (tertiary alicyclic amines) is 1. The number of thiophene rings is 1. The van der Waals surface area contributed by atoms with E-state index in [0.717, 1.165) is 16.9 Å². The van der Waals surface area contributed by atoms with Gasteiger partial charge in [-0.25, -0.2) is 9.18 Å². The quantitative estimate of drug-likeness (QED) is 0.730. The van der Waals surface area contributed by atoms with Gasteiger partial charge in [-0.05, 0) is 49.0 Å². The molecule has 9 heteroatoms. The zero-order valence-corrected chi connectivity index (χ0v) is 16.9. The maximum atomic E-state index is 12.9. The molecule has 2 aliphatic rings. The lowest BCUT2D eigenvalue weighted by atomic mass is 9.88. The van der Waals surface area contributed by atoms with Crippen LogP contribution in [0.15, 0.2) is 28.9 Å². The number of hydrogen-bond donors (Lipinski definition) is 1. The number of fused-ring (bicyclic) bond motifs is 1. The summed E-state index contributed by atoms with van der Waals surface area (Å²) in [7, 11) is 0. The van der Waals surface area contributed by atoms with Crippen molar-refractivity contribution in [1.82, 2.24) is 4.90 Å². The highest BCUT2D eigenvalue weighted by Gasteiger charge is 2.32. The Balaban J connectivity index is 1.36. The summed E-state index contributed by atoms with van der Waals surface area (Å²) in [5.74, 6) is 0.359. The normalized spacial score (nSPS) is 18.5. The Labute approximate surface area is 176 Å². The molecule has 1 aliphatic heterocycles. The number of halogens is 1. The molecule has 2 amide bonds. The largest absolute Gasteiger partial charge is 0.465 e. The van der Waals surface area contributed by atoms with Crippen molar-refractivity contribution in [3.8, 4) is 6.07 Å². The standard InChI is InChI=1S/C21H20FN3O4S/c22-14-10-25(11-14)21(27)29-12-13-3-5-16-17(9-23)20(30-18(16)8-13)24-19(26)6-4-15-2-1-7-28-15/h1-2,4,6-7,13-14H,3,5,8,10-12H2,(H,24,26)/b6-4+. The Kier molecular flexibility index (Phi) is 5.86. The number of nitrogens with one attached hydrogen (secondary N) is 1. The molecule has 0 saturated carbocycles. The first-order chi connectivity index (χ1) is 14.5. The highest BCUT2D eigenvalue weighted by atomic mass is 32.1. The second-order valence-corrected chi connectivity index (χ2v) is 8.45. The molecule has 0 spiro atoms. The highest BCUT2D eigenvalue weighted by molar-refractivity contribution is 7.16. The van der Waals surface area contributed by atoms with Gasteiger partial charge in [0.05, 0.1) is 31.5 Å². The van der Waals surface area contributed by atoms with Crippen LogP contribution in [0.5, 0.6) is 0 Å². The highest BCUT2D eigenvalue weighted by Crippen LogP contribution is 2.39. The first-order valence-corrected chi connectivity index (χ1v) is 10.5. The minimum Gasteiger partial charge on any atom is -0.465 e. The molecular formula is C21H20FN3O4S. The molecule has 1 atom stereocenters. The summed E-state index contributed by atoms with van der Waals surface area (Å²) in [6.07, 6.45) is 5.15. The maximum absolute atomic E-state index is 12.9. The molecule has 2 aromatic heterocycles. The van der Waals surface area contributed by atoms with E-state index in [4.69, 9.17) is 9.15 Å². The molecule has 7 nitrogen and oxygen atoms in total. The Morgan fingerprint density at radius 3 is 3.00 bits per heavy atom. The SMILES string of the molecule is N#Cc1c(NC(=O)/C=C/c2ccco2)sc2c1CCC(COC(=O)N1CC(F)C1)C2. The van der Waals surface area contributed by atoms with Crippen molar-refractivity contribution in [2.24, 2.45) is 5.92 Å². The average molecular weight is 429 g/mol. The summed E-state index contributed by atoms with van der Waals surface area (Å²) in [5, 5.41) is 12.9. The van der Waals surface area contributed by atoms with E-state index in [1.165, 1.54) is 28.6 Å². The van der Waals surface area contributed by atoms with Crippen molar-refractivity contribution in [3.63, 3.8) is 0 Å². The van der Waals surface area contributed by atoms with E-state index >= 15 is 0 Å². The van der Waals surface area contributed by atoms with E-state index in [-0.39, 0.29) is 31.5 Å². The first-order valence-electron chi connectivity index (χ1n) is 9.66. The number of hydrogen-bond acceptors (Lipinski definition) is 6. The van der Waals surface area contributed by atoms with Gasteiger partial charge in [0.2, 0.25) is 5.91 Å². The van der Waals surface area contributed by atoms with Crippen molar-refractivity contribution in [2.45, 2.75) is 25.4 Å². The molecule has 1 unspecified atom stereocenters. The maximum Gasteiger partial charge on any atom is 0.409 e. The van der Waals surface area contributed by atoms with Crippen molar-refractivity contribution in [1.29, 1.82) is 5.26 Å². The summed E-state index contributed by atoms with van der Waals surface area (Å²) in [6, 6.07) is 5.67. The van der Waals surface area contributed by atoms with Crippen LogP contribution in [0.4, 0.5) is 14.2 Å². The summed E-state index contributed by atoms with van der Waals surface area (Å²) in [4.78, 5) is 26.5. The van der Waals surface area contributed by atoms with Crippen LogP contribution in [-0.4, -0.2) is 42.8 Å². The van der Waals surface area contributed by atoms with Crippen LogP contribution < -0.4 is 5.32 Å². The Bertz CT molecular complexity index is 1000. The zero-order valence-electron chi connectivity index (χ0n) is 16.1. The molecule has 4 rings (SSSR count). The predicted octanol–water partition coefficient (Wildman–Crippen LogP) is 3.76. The number of amides is 2. The third-order valence-electron chi connectivity index (χ3n) is 5.20. The summed E-state index contributed by atoms with van der Waals surface area (Å²) >= 11 is 1.39. The van der Waals surface area contributed by atoms with Crippen LogP contribution >= 0.6 is 11.3 Å². The van der Waals surface area contributed by atoms with Crippen LogP contribution in [0.3, 0.4) is 0 Å². The van der Waals surface area contributed by atoms with Crippen LogP contribution in [0.1, 0.15) is 28.2 Å². The molecule has 1 fully saturated rings. The third-order valence-corrected chi connectivity index (χ3v) is 6.37. The van der Waals surface area contributed by atoms with Crippen molar-refractivity contribution in [2.75, 3.05) is 25.0 Å². The smallest absolute Gasteiger partial charge is 0.409 e. The second kappa shape index (κ2) is 8.71. The molecular weight excluding hydrogens is 409 g/mol. The van der Waals surface area contributed by atoms with Gasteiger partial charge in [-0.1, -0.05) is 0 Å². The minimum atomic E-state index is -0.951. The van der Waals surface area contributed by atoms with Gasteiger partial charge in [0.25, 0.3) is 0 Å². The van der Waals surface area contributed by atoms with E-state index in [1.54, 1.807) is 18.2 Å². The number of nitrogens with zero attached hydrogens (tertiary/aromatic N) is 2. The van der Waals surface area contributed by atoms with E-state index in [1.807, 2.05) is 0 Å². The Hall–Kier alpha value is -3.12. The van der Waals surface area contributed by atoms with Crippen molar-refractivity contribution < 1.29 is 23.1 Å². The van der Waals surface area contributed by atoms with Crippen LogP contribution in [-0.2, 0) is 22.4 Å². The van der Waals surface area contributed by atoms with Crippen LogP contribution in [0.25, 0.3) is 6.08 Å². The van der Waals surface area contributed by atoms with Crippen molar-refractivity contribution >= 4 is 34.4 Å². The van der Waals surface area contributed by atoms with Gasteiger partial charge in [0.15, 0.2) is 0 Å². The fourth-order valence-electron chi connectivity index (χ4n) is 3.55. The van der Waals surface area contributed by atoms with E-state index in [9.17, 15) is 19.2 Å². The lowest BCUT2D eigenvalue weighted by molar-refractivity contribution is -0.111. The number of carbonyl (C=O) groups is 2. The Morgan fingerprint density at radius 1 is 1.47 bits per heavy atom. The van der Waals surface area contributed by atoms with Gasteiger partial charge in [0.1, 0.15) is 23.0 Å². The van der Waals surface area contributed by atoms with Crippen molar-refractivity contribution in [3.05, 3.63) is 46.2 Å². The number of ether oxygens (including phenoxy) is 1. The number of rotatable bonds is 5. The van der Waals surface area contributed by atoms with Gasteiger partial charge in [-0.2, -0.15) is 5.26 Å². The molecule has 0 radical (unpaired) electrons. The second-order valence-electron chi connectivity index (χ2n) is 7.35. The van der Waals surface area contributed by atoms with Gasteiger partial charge < -0.3 is 19.4 Å². The van der Waals surface area contributed by atoms with Gasteiger partial charge in [-0.3, -0.25) is 4.79 Å². The molecule has 1 saturated heterocycles. The topological polar surface area (TPSA) is 95.6 Å².